The number of aliphatic hydroxyl groups excluding tert-OH is 1. The number of aryl methyl sites for hydroxylation is 1. The summed E-state index contributed by atoms with van der Waals surface area (Å²) < 4.78 is 27.8. The van der Waals surface area contributed by atoms with Gasteiger partial charge in [0.1, 0.15) is 0 Å². The summed E-state index contributed by atoms with van der Waals surface area (Å²) in [6.45, 7) is 2.95. The van der Waals surface area contributed by atoms with Crippen LogP contribution in [0.2, 0.25) is 5.28 Å². The zero-order chi connectivity index (χ0) is 15.0. The van der Waals surface area contributed by atoms with Crippen LogP contribution in [0.4, 0.5) is 0 Å². The molecular formula is C12H20ClN3O3S. The summed E-state index contributed by atoms with van der Waals surface area (Å²) in [6.07, 6.45) is 3.61. The molecule has 2 rings (SSSR count). The molecule has 1 N–H and O–H groups in total. The molecule has 0 atom stereocenters. The van der Waals surface area contributed by atoms with E-state index in [9.17, 15) is 13.5 Å². The smallest absolute Gasteiger partial charge is 0.262 e. The van der Waals surface area contributed by atoms with Gasteiger partial charge in [0.2, 0.25) is 5.28 Å². The highest BCUT2D eigenvalue weighted by atomic mass is 35.5. The topological polar surface area (TPSA) is 75.4 Å². The normalized spacial score (nSPS) is 20.2. The van der Waals surface area contributed by atoms with Crippen molar-refractivity contribution in [3.63, 3.8) is 0 Å². The first kappa shape index (κ1) is 15.8. The van der Waals surface area contributed by atoms with Gasteiger partial charge in [-0.3, -0.25) is 0 Å². The average molecular weight is 322 g/mol. The van der Waals surface area contributed by atoms with Gasteiger partial charge in [-0.25, -0.2) is 13.4 Å². The summed E-state index contributed by atoms with van der Waals surface area (Å²) in [6, 6.07) is 0. The lowest BCUT2D eigenvalue weighted by Crippen LogP contribution is -2.44. The van der Waals surface area contributed by atoms with Crippen molar-refractivity contribution >= 4 is 21.6 Å². The summed E-state index contributed by atoms with van der Waals surface area (Å²) in [7, 11) is -1.94. The number of sulfonamides is 1. The van der Waals surface area contributed by atoms with Crippen LogP contribution < -0.4 is 0 Å². The SMILES string of the molecule is CCC1(CO)CCN(S(=O)(=O)c2cn(C)c(Cl)n2)CC1. The van der Waals surface area contributed by atoms with Gasteiger partial charge in [-0.2, -0.15) is 4.31 Å². The lowest BCUT2D eigenvalue weighted by Gasteiger charge is -2.39. The summed E-state index contributed by atoms with van der Waals surface area (Å²) in [5, 5.41) is 9.62. The van der Waals surface area contributed by atoms with Crippen molar-refractivity contribution < 1.29 is 13.5 Å². The zero-order valence-corrected chi connectivity index (χ0v) is 13.3. The van der Waals surface area contributed by atoms with Crippen molar-refractivity contribution in [2.45, 2.75) is 31.2 Å². The molecule has 0 aliphatic carbocycles. The van der Waals surface area contributed by atoms with E-state index in [0.717, 1.165) is 6.42 Å². The van der Waals surface area contributed by atoms with E-state index < -0.39 is 10.0 Å². The molecule has 1 aliphatic heterocycles. The number of aliphatic hydroxyl groups is 1. The molecule has 1 aromatic heterocycles. The van der Waals surface area contributed by atoms with E-state index in [2.05, 4.69) is 4.98 Å². The second kappa shape index (κ2) is 5.63. The van der Waals surface area contributed by atoms with E-state index in [1.807, 2.05) is 6.92 Å². The van der Waals surface area contributed by atoms with Crippen LogP contribution in [0.15, 0.2) is 11.2 Å². The average Bonchev–Trinajstić information content (AvgIpc) is 2.79. The molecule has 0 amide bonds. The summed E-state index contributed by atoms with van der Waals surface area (Å²) in [4.78, 5) is 3.88. The summed E-state index contributed by atoms with van der Waals surface area (Å²) in [5.41, 5.74) is -0.145. The van der Waals surface area contributed by atoms with Gasteiger partial charge in [0.25, 0.3) is 10.0 Å². The molecule has 0 radical (unpaired) electrons. The fourth-order valence-electron chi connectivity index (χ4n) is 2.50. The number of halogens is 1. The van der Waals surface area contributed by atoms with Gasteiger partial charge >= 0.3 is 0 Å². The van der Waals surface area contributed by atoms with Crippen molar-refractivity contribution in [2.24, 2.45) is 12.5 Å². The van der Waals surface area contributed by atoms with E-state index in [-0.39, 0.29) is 22.3 Å². The van der Waals surface area contributed by atoms with Gasteiger partial charge in [-0.05, 0) is 36.3 Å². The van der Waals surface area contributed by atoms with Crippen molar-refractivity contribution in [3.8, 4) is 0 Å². The molecule has 0 aromatic carbocycles. The maximum Gasteiger partial charge on any atom is 0.262 e. The second-order valence-electron chi connectivity index (χ2n) is 5.37. The van der Waals surface area contributed by atoms with Crippen LogP contribution in [0.25, 0.3) is 0 Å². The fraction of sp³-hybridized carbons (Fsp3) is 0.750. The third-order valence-corrected chi connectivity index (χ3v) is 6.39. The van der Waals surface area contributed by atoms with Gasteiger partial charge in [-0.1, -0.05) is 6.92 Å². The van der Waals surface area contributed by atoms with Crippen molar-refractivity contribution in [1.29, 1.82) is 0 Å². The molecular weight excluding hydrogens is 302 g/mol. The van der Waals surface area contributed by atoms with Gasteiger partial charge in [-0.15, -0.1) is 0 Å². The Morgan fingerprint density at radius 2 is 2.05 bits per heavy atom. The van der Waals surface area contributed by atoms with Gasteiger partial charge < -0.3 is 9.67 Å². The Morgan fingerprint density at radius 3 is 2.45 bits per heavy atom. The minimum Gasteiger partial charge on any atom is -0.396 e. The van der Waals surface area contributed by atoms with Crippen LogP contribution in [0, 0.1) is 5.41 Å². The first-order valence-corrected chi connectivity index (χ1v) is 8.46. The lowest BCUT2D eigenvalue weighted by atomic mass is 9.77. The van der Waals surface area contributed by atoms with E-state index in [1.54, 1.807) is 7.05 Å². The van der Waals surface area contributed by atoms with Gasteiger partial charge in [0, 0.05) is 32.9 Å². The van der Waals surface area contributed by atoms with Crippen molar-refractivity contribution in [2.75, 3.05) is 19.7 Å². The van der Waals surface area contributed by atoms with Crippen molar-refractivity contribution in [1.82, 2.24) is 13.9 Å². The highest BCUT2D eigenvalue weighted by Gasteiger charge is 2.37. The minimum atomic E-state index is -3.60. The Kier molecular flexibility index (Phi) is 4.44. The Hall–Kier alpha value is -0.630. The van der Waals surface area contributed by atoms with Gasteiger partial charge in [0.15, 0.2) is 5.03 Å². The summed E-state index contributed by atoms with van der Waals surface area (Å²) in [5.74, 6) is 0. The Balaban J connectivity index is 2.17. The number of hydrogen-bond acceptors (Lipinski definition) is 4. The summed E-state index contributed by atoms with van der Waals surface area (Å²) >= 11 is 5.80. The molecule has 0 saturated carbocycles. The van der Waals surface area contributed by atoms with Crippen LogP contribution in [0.1, 0.15) is 26.2 Å². The molecule has 0 spiro atoms. The van der Waals surface area contributed by atoms with E-state index in [1.165, 1.54) is 15.1 Å². The highest BCUT2D eigenvalue weighted by Crippen LogP contribution is 2.35. The van der Waals surface area contributed by atoms with E-state index in [0.29, 0.717) is 25.9 Å². The number of hydrogen-bond donors (Lipinski definition) is 1. The number of nitrogens with zero attached hydrogens (tertiary/aromatic N) is 3. The third-order valence-electron chi connectivity index (χ3n) is 4.27. The van der Waals surface area contributed by atoms with Crippen LogP contribution in [-0.2, 0) is 17.1 Å². The zero-order valence-electron chi connectivity index (χ0n) is 11.7. The standard InChI is InChI=1S/C12H20ClN3O3S/c1-3-12(9-17)4-6-16(7-5-12)20(18,19)10-8-15(2)11(13)14-10/h8,17H,3-7,9H2,1-2H3. The maximum atomic E-state index is 12.5. The molecule has 2 heterocycles. The lowest BCUT2D eigenvalue weighted by molar-refractivity contribution is 0.0647. The maximum absolute atomic E-state index is 12.5. The monoisotopic (exact) mass is 321 g/mol. The third kappa shape index (κ3) is 2.72. The van der Waals surface area contributed by atoms with Gasteiger partial charge in [0.05, 0.1) is 0 Å². The fourth-order valence-corrected chi connectivity index (χ4v) is 4.11. The molecule has 0 unspecified atom stereocenters. The predicted molar refractivity (Wildman–Crippen MR) is 76.0 cm³/mol. The Labute approximate surface area is 124 Å². The minimum absolute atomic E-state index is 0.0157. The number of aromatic nitrogens is 2. The van der Waals surface area contributed by atoms with Crippen molar-refractivity contribution in [3.05, 3.63) is 11.5 Å². The number of piperidine rings is 1. The first-order valence-electron chi connectivity index (χ1n) is 6.64. The quantitative estimate of drug-likeness (QED) is 0.905. The molecule has 1 saturated heterocycles. The second-order valence-corrected chi connectivity index (χ2v) is 7.60. The Morgan fingerprint density at radius 1 is 1.45 bits per heavy atom. The predicted octanol–water partition coefficient (Wildman–Crippen LogP) is 1.25. The van der Waals surface area contributed by atoms with Crippen LogP contribution in [0.3, 0.4) is 0 Å². The molecule has 1 aliphatic rings. The number of imidazole rings is 1. The van der Waals surface area contributed by atoms with E-state index in [4.69, 9.17) is 11.6 Å². The first-order chi connectivity index (χ1) is 9.34. The van der Waals surface area contributed by atoms with Crippen LogP contribution in [0.5, 0.6) is 0 Å². The highest BCUT2D eigenvalue weighted by molar-refractivity contribution is 7.89. The molecule has 20 heavy (non-hydrogen) atoms. The molecule has 8 heteroatoms. The van der Waals surface area contributed by atoms with Crippen LogP contribution >= 0.6 is 11.6 Å². The van der Waals surface area contributed by atoms with Crippen LogP contribution in [-0.4, -0.2) is 47.1 Å². The Bertz CT molecular complexity index is 551. The number of rotatable bonds is 4. The molecule has 1 aromatic rings. The molecule has 1 fully saturated rings. The largest absolute Gasteiger partial charge is 0.396 e. The van der Waals surface area contributed by atoms with E-state index >= 15 is 0 Å². The molecule has 0 bridgehead atoms. The molecule has 114 valence electrons. The molecule has 6 nitrogen and oxygen atoms in total.